The first-order chi connectivity index (χ1) is 13.1. The molecule has 0 bridgehead atoms. The molecule has 1 heterocycles. The van der Waals surface area contributed by atoms with Crippen molar-refractivity contribution in [2.24, 2.45) is 5.10 Å². The van der Waals surface area contributed by atoms with Crippen molar-refractivity contribution < 1.29 is 14.3 Å². The number of carbonyl (C=O) groups excluding carboxylic acids is 1. The van der Waals surface area contributed by atoms with E-state index in [4.69, 9.17) is 21.1 Å². The van der Waals surface area contributed by atoms with Gasteiger partial charge in [0.25, 0.3) is 5.91 Å². The van der Waals surface area contributed by atoms with E-state index in [-0.39, 0.29) is 5.69 Å². The number of halogens is 1. The molecule has 8 heteroatoms. The van der Waals surface area contributed by atoms with Crippen LogP contribution in [0.25, 0.3) is 11.3 Å². The Morgan fingerprint density at radius 1 is 1.15 bits per heavy atom. The normalized spacial score (nSPS) is 10.8. The molecule has 0 aliphatic carbocycles. The van der Waals surface area contributed by atoms with Crippen molar-refractivity contribution in [2.75, 3.05) is 14.2 Å². The Labute approximate surface area is 161 Å². The number of aromatic amines is 1. The Balaban J connectivity index is 1.68. The van der Waals surface area contributed by atoms with Crippen LogP contribution in [0.2, 0.25) is 5.02 Å². The third kappa shape index (κ3) is 4.27. The number of nitrogens with one attached hydrogen (secondary N) is 2. The van der Waals surface area contributed by atoms with Crippen molar-refractivity contribution in [1.29, 1.82) is 0 Å². The molecule has 0 aliphatic heterocycles. The second-order valence-electron chi connectivity index (χ2n) is 5.46. The van der Waals surface area contributed by atoms with Crippen LogP contribution in [0.5, 0.6) is 11.5 Å². The fourth-order valence-corrected chi connectivity index (χ4v) is 2.64. The number of carbonyl (C=O) groups is 1. The maximum Gasteiger partial charge on any atom is 0.289 e. The van der Waals surface area contributed by atoms with Gasteiger partial charge in [-0.25, -0.2) is 5.43 Å². The van der Waals surface area contributed by atoms with Gasteiger partial charge in [-0.2, -0.15) is 10.2 Å². The summed E-state index contributed by atoms with van der Waals surface area (Å²) in [7, 11) is 3.11. The number of hydrogen-bond donors (Lipinski definition) is 2. The quantitative estimate of drug-likeness (QED) is 0.502. The molecule has 7 nitrogen and oxygen atoms in total. The van der Waals surface area contributed by atoms with Crippen LogP contribution >= 0.6 is 11.6 Å². The van der Waals surface area contributed by atoms with E-state index in [2.05, 4.69) is 20.7 Å². The summed E-state index contributed by atoms with van der Waals surface area (Å²) in [6.07, 6.45) is 1.51. The van der Waals surface area contributed by atoms with Crippen LogP contribution in [-0.4, -0.2) is 36.5 Å². The van der Waals surface area contributed by atoms with Gasteiger partial charge in [0.1, 0.15) is 5.69 Å². The summed E-state index contributed by atoms with van der Waals surface area (Å²) < 4.78 is 10.4. The highest BCUT2D eigenvalue weighted by atomic mass is 35.5. The number of benzene rings is 2. The Bertz CT molecular complexity index is 985. The maximum absolute atomic E-state index is 12.2. The highest BCUT2D eigenvalue weighted by molar-refractivity contribution is 6.33. The van der Waals surface area contributed by atoms with Crippen LogP contribution in [0, 0.1) is 0 Å². The molecular formula is C19H17ClN4O3. The van der Waals surface area contributed by atoms with Gasteiger partial charge in [0, 0.05) is 5.56 Å². The number of amides is 1. The summed E-state index contributed by atoms with van der Waals surface area (Å²) in [6, 6.07) is 14.2. The molecule has 0 saturated carbocycles. The minimum Gasteiger partial charge on any atom is -0.493 e. The predicted octanol–water partition coefficient (Wildman–Crippen LogP) is 3.51. The Morgan fingerprint density at radius 2 is 1.93 bits per heavy atom. The van der Waals surface area contributed by atoms with Crippen molar-refractivity contribution in [1.82, 2.24) is 15.6 Å². The van der Waals surface area contributed by atoms with Crippen molar-refractivity contribution >= 4 is 23.7 Å². The highest BCUT2D eigenvalue weighted by Crippen LogP contribution is 2.27. The van der Waals surface area contributed by atoms with Crippen molar-refractivity contribution in [3.63, 3.8) is 0 Å². The molecule has 0 unspecified atom stereocenters. The first-order valence-corrected chi connectivity index (χ1v) is 8.36. The molecule has 0 radical (unpaired) electrons. The molecule has 3 aromatic rings. The smallest absolute Gasteiger partial charge is 0.289 e. The van der Waals surface area contributed by atoms with E-state index in [1.54, 1.807) is 44.6 Å². The number of hydrazone groups is 1. The largest absolute Gasteiger partial charge is 0.493 e. The SMILES string of the molecule is COc1ccc(/C=N/NC(=O)c2cc(-c3ccccc3Cl)n[nH]2)cc1OC. The minimum atomic E-state index is -0.419. The van der Waals surface area contributed by atoms with E-state index in [0.717, 1.165) is 11.1 Å². The average molecular weight is 385 g/mol. The van der Waals surface area contributed by atoms with Crippen LogP contribution in [0.15, 0.2) is 53.6 Å². The van der Waals surface area contributed by atoms with Gasteiger partial charge in [-0.15, -0.1) is 0 Å². The van der Waals surface area contributed by atoms with Gasteiger partial charge in [-0.1, -0.05) is 29.8 Å². The van der Waals surface area contributed by atoms with Gasteiger partial charge < -0.3 is 9.47 Å². The second-order valence-corrected chi connectivity index (χ2v) is 5.87. The molecule has 0 spiro atoms. The first-order valence-electron chi connectivity index (χ1n) is 7.98. The van der Waals surface area contributed by atoms with Crippen LogP contribution < -0.4 is 14.9 Å². The lowest BCUT2D eigenvalue weighted by Crippen LogP contribution is -2.18. The summed E-state index contributed by atoms with van der Waals surface area (Å²) in [5, 5.41) is 11.3. The molecule has 0 atom stereocenters. The van der Waals surface area contributed by atoms with Gasteiger partial charge >= 0.3 is 0 Å². The maximum atomic E-state index is 12.2. The molecule has 1 aromatic heterocycles. The van der Waals surface area contributed by atoms with Gasteiger partial charge in [-0.05, 0) is 35.9 Å². The van der Waals surface area contributed by atoms with E-state index in [1.165, 1.54) is 6.21 Å². The number of nitrogens with zero attached hydrogens (tertiary/aromatic N) is 2. The molecule has 138 valence electrons. The van der Waals surface area contributed by atoms with Crippen molar-refractivity contribution in [2.45, 2.75) is 0 Å². The highest BCUT2D eigenvalue weighted by Gasteiger charge is 2.12. The molecule has 0 fully saturated rings. The van der Waals surface area contributed by atoms with E-state index in [1.807, 2.05) is 18.2 Å². The monoisotopic (exact) mass is 384 g/mol. The lowest BCUT2D eigenvalue weighted by molar-refractivity contribution is 0.0950. The number of H-pyrrole nitrogens is 1. The average Bonchev–Trinajstić information content (AvgIpc) is 3.18. The molecule has 0 aliphatic rings. The fourth-order valence-electron chi connectivity index (χ4n) is 2.40. The minimum absolute atomic E-state index is 0.273. The summed E-state index contributed by atoms with van der Waals surface area (Å²) in [6.45, 7) is 0. The van der Waals surface area contributed by atoms with Crippen LogP contribution in [0.1, 0.15) is 16.1 Å². The van der Waals surface area contributed by atoms with Crippen LogP contribution in [0.4, 0.5) is 0 Å². The fraction of sp³-hybridized carbons (Fsp3) is 0.105. The van der Waals surface area contributed by atoms with Gasteiger partial charge in [0.2, 0.25) is 0 Å². The second kappa shape index (κ2) is 8.37. The lowest BCUT2D eigenvalue weighted by atomic mass is 10.1. The van der Waals surface area contributed by atoms with E-state index >= 15 is 0 Å². The number of ether oxygens (including phenoxy) is 2. The van der Waals surface area contributed by atoms with Crippen LogP contribution in [0.3, 0.4) is 0 Å². The Morgan fingerprint density at radius 3 is 2.67 bits per heavy atom. The van der Waals surface area contributed by atoms with E-state index in [0.29, 0.717) is 22.2 Å². The molecule has 1 amide bonds. The van der Waals surface area contributed by atoms with Crippen molar-refractivity contribution in [3.8, 4) is 22.8 Å². The van der Waals surface area contributed by atoms with Gasteiger partial charge in [0.15, 0.2) is 11.5 Å². The molecule has 3 rings (SSSR count). The number of rotatable bonds is 6. The summed E-state index contributed by atoms with van der Waals surface area (Å²) >= 11 is 6.15. The third-order valence-corrected chi connectivity index (χ3v) is 4.09. The van der Waals surface area contributed by atoms with E-state index in [9.17, 15) is 4.79 Å². The first kappa shape index (κ1) is 18.5. The molecule has 0 saturated heterocycles. The van der Waals surface area contributed by atoms with Crippen molar-refractivity contribution in [3.05, 3.63) is 64.8 Å². The van der Waals surface area contributed by atoms with E-state index < -0.39 is 5.91 Å². The standard InChI is InChI=1S/C19H17ClN4O3/c1-26-17-8-7-12(9-18(17)27-2)11-21-24-19(25)16-10-15(22-23-16)13-5-3-4-6-14(13)20/h3-11H,1-2H3,(H,22,23)(H,24,25)/b21-11+. The molecule has 2 N–H and O–H groups in total. The zero-order chi connectivity index (χ0) is 19.2. The Kier molecular flexibility index (Phi) is 5.73. The summed E-state index contributed by atoms with van der Waals surface area (Å²) in [5.74, 6) is 0.770. The molecular weight excluding hydrogens is 368 g/mol. The zero-order valence-electron chi connectivity index (χ0n) is 14.7. The van der Waals surface area contributed by atoms with Gasteiger partial charge in [-0.3, -0.25) is 9.89 Å². The number of hydrogen-bond acceptors (Lipinski definition) is 5. The Hall–Kier alpha value is -3.32. The number of aromatic nitrogens is 2. The zero-order valence-corrected chi connectivity index (χ0v) is 15.4. The lowest BCUT2D eigenvalue weighted by Gasteiger charge is -2.07. The molecule has 27 heavy (non-hydrogen) atoms. The number of methoxy groups -OCH3 is 2. The third-order valence-electron chi connectivity index (χ3n) is 3.76. The van der Waals surface area contributed by atoms with Gasteiger partial charge in [0.05, 0.1) is 31.2 Å². The summed E-state index contributed by atoms with van der Waals surface area (Å²) in [5.41, 5.74) is 4.78. The predicted molar refractivity (Wildman–Crippen MR) is 104 cm³/mol. The van der Waals surface area contributed by atoms with Crippen LogP contribution in [-0.2, 0) is 0 Å². The molecule has 2 aromatic carbocycles. The topological polar surface area (TPSA) is 88.6 Å². The summed E-state index contributed by atoms with van der Waals surface area (Å²) in [4.78, 5) is 12.2.